The van der Waals surface area contributed by atoms with Gasteiger partial charge in [0.1, 0.15) is 0 Å². The summed E-state index contributed by atoms with van der Waals surface area (Å²) in [6.07, 6.45) is -2.44. The van der Waals surface area contributed by atoms with Gasteiger partial charge in [0.25, 0.3) is 6.43 Å². The van der Waals surface area contributed by atoms with Crippen LogP contribution in [0.5, 0.6) is 0 Å². The van der Waals surface area contributed by atoms with Crippen LogP contribution in [0, 0.1) is 5.41 Å². The number of nitrogens with one attached hydrogen (secondary N) is 1. The molecule has 0 spiro atoms. The van der Waals surface area contributed by atoms with Gasteiger partial charge in [-0.2, -0.15) is 0 Å². The van der Waals surface area contributed by atoms with Gasteiger partial charge in [-0.1, -0.05) is 24.3 Å². The number of halogens is 2. The minimum atomic E-state index is -2.44. The minimum Gasteiger partial charge on any atom is -0.369 e. The maximum Gasteiger partial charge on any atom is 0.263 e. The number of hydrogen-bond acceptors (Lipinski definition) is 2. The lowest BCUT2D eigenvalue weighted by Crippen LogP contribution is -2.40. The predicted octanol–water partition coefficient (Wildman–Crippen LogP) is 2.23. The Bertz CT molecular complexity index is 402. The molecule has 1 aromatic rings. The zero-order valence-corrected chi connectivity index (χ0v) is 10.5. The molecule has 1 rings (SSSR count). The summed E-state index contributed by atoms with van der Waals surface area (Å²) in [6, 6.07) is 6.10. The van der Waals surface area contributed by atoms with Crippen molar-refractivity contribution in [1.82, 2.24) is 5.32 Å². The van der Waals surface area contributed by atoms with E-state index in [2.05, 4.69) is 5.32 Å². The fourth-order valence-corrected chi connectivity index (χ4v) is 1.39. The molecule has 1 amide bonds. The molecule has 5 heteroatoms. The highest BCUT2D eigenvalue weighted by Crippen LogP contribution is 2.18. The molecule has 0 bridgehead atoms. The van der Waals surface area contributed by atoms with E-state index in [-0.39, 0.29) is 11.5 Å². The van der Waals surface area contributed by atoms with Crippen molar-refractivity contribution in [2.45, 2.75) is 26.8 Å². The fourth-order valence-electron chi connectivity index (χ4n) is 1.39. The van der Waals surface area contributed by atoms with Gasteiger partial charge in [-0.25, -0.2) is 8.78 Å². The van der Waals surface area contributed by atoms with Crippen LogP contribution in [0.15, 0.2) is 24.3 Å². The molecular weight excluding hydrogens is 238 g/mol. The standard InChI is InChI=1S/C13H18F2N2O/c1-13(2,12(16)18)8-17-7-9-3-5-10(6-4-9)11(14)15/h3-6,11,17H,7-8H2,1-2H3,(H2,16,18). The van der Waals surface area contributed by atoms with Crippen molar-refractivity contribution >= 4 is 5.91 Å². The van der Waals surface area contributed by atoms with Crippen LogP contribution in [0.4, 0.5) is 8.78 Å². The van der Waals surface area contributed by atoms with E-state index in [1.807, 2.05) is 0 Å². The van der Waals surface area contributed by atoms with E-state index in [0.29, 0.717) is 13.1 Å². The number of hydrogen-bond donors (Lipinski definition) is 2. The van der Waals surface area contributed by atoms with Crippen molar-refractivity contribution in [3.63, 3.8) is 0 Å². The molecule has 18 heavy (non-hydrogen) atoms. The highest BCUT2D eigenvalue weighted by atomic mass is 19.3. The van der Waals surface area contributed by atoms with Crippen LogP contribution in [0.3, 0.4) is 0 Å². The number of rotatable bonds is 6. The van der Waals surface area contributed by atoms with Crippen molar-refractivity contribution in [2.24, 2.45) is 11.1 Å². The monoisotopic (exact) mass is 256 g/mol. The second-order valence-corrected chi connectivity index (χ2v) is 4.89. The maximum atomic E-state index is 12.3. The Morgan fingerprint density at radius 1 is 1.33 bits per heavy atom. The third-order valence-electron chi connectivity index (χ3n) is 2.79. The van der Waals surface area contributed by atoms with Crippen molar-refractivity contribution in [1.29, 1.82) is 0 Å². The first kappa shape index (κ1) is 14.6. The zero-order valence-electron chi connectivity index (χ0n) is 10.5. The van der Waals surface area contributed by atoms with Gasteiger partial charge in [0.2, 0.25) is 5.91 Å². The van der Waals surface area contributed by atoms with Crippen molar-refractivity contribution in [3.05, 3.63) is 35.4 Å². The van der Waals surface area contributed by atoms with Crippen molar-refractivity contribution < 1.29 is 13.6 Å². The van der Waals surface area contributed by atoms with Gasteiger partial charge in [-0.15, -0.1) is 0 Å². The molecule has 0 fully saturated rings. The number of carbonyl (C=O) groups excluding carboxylic acids is 1. The van der Waals surface area contributed by atoms with Gasteiger partial charge in [0.05, 0.1) is 5.41 Å². The lowest BCUT2D eigenvalue weighted by Gasteiger charge is -2.20. The van der Waals surface area contributed by atoms with Crippen LogP contribution < -0.4 is 11.1 Å². The van der Waals surface area contributed by atoms with Crippen LogP contribution in [-0.4, -0.2) is 12.5 Å². The second-order valence-electron chi connectivity index (χ2n) is 4.89. The topological polar surface area (TPSA) is 55.1 Å². The summed E-state index contributed by atoms with van der Waals surface area (Å²) in [5.74, 6) is -0.372. The predicted molar refractivity (Wildman–Crippen MR) is 66.1 cm³/mol. The molecule has 0 radical (unpaired) electrons. The molecule has 0 aliphatic rings. The summed E-state index contributed by atoms with van der Waals surface area (Å²) in [5.41, 5.74) is 5.52. The molecule has 0 aliphatic carbocycles. The van der Waals surface area contributed by atoms with Crippen LogP contribution in [-0.2, 0) is 11.3 Å². The lowest BCUT2D eigenvalue weighted by molar-refractivity contribution is -0.125. The Balaban J connectivity index is 2.47. The molecule has 100 valence electrons. The summed E-state index contributed by atoms with van der Waals surface area (Å²) >= 11 is 0. The number of nitrogens with two attached hydrogens (primary N) is 1. The number of amides is 1. The molecule has 0 atom stereocenters. The van der Waals surface area contributed by atoms with Crippen LogP contribution >= 0.6 is 0 Å². The summed E-state index contributed by atoms with van der Waals surface area (Å²) in [7, 11) is 0. The summed E-state index contributed by atoms with van der Waals surface area (Å²) in [4.78, 5) is 11.1. The van der Waals surface area contributed by atoms with Gasteiger partial charge in [0, 0.05) is 18.7 Å². The molecule has 3 nitrogen and oxygen atoms in total. The van der Waals surface area contributed by atoms with E-state index in [9.17, 15) is 13.6 Å². The third kappa shape index (κ3) is 4.07. The van der Waals surface area contributed by atoms with E-state index in [1.54, 1.807) is 26.0 Å². The summed E-state index contributed by atoms with van der Waals surface area (Å²) in [6.45, 7) is 4.46. The quantitative estimate of drug-likeness (QED) is 0.820. The van der Waals surface area contributed by atoms with Crippen LogP contribution in [0.2, 0.25) is 0 Å². The molecule has 0 saturated heterocycles. The minimum absolute atomic E-state index is 0.0104. The number of primary amides is 1. The first-order chi connectivity index (χ1) is 8.33. The normalized spacial score (nSPS) is 11.8. The van der Waals surface area contributed by atoms with Gasteiger partial charge >= 0.3 is 0 Å². The molecule has 3 N–H and O–H groups in total. The van der Waals surface area contributed by atoms with E-state index in [0.717, 1.165) is 5.56 Å². The van der Waals surface area contributed by atoms with Gasteiger partial charge in [-0.3, -0.25) is 4.79 Å². The maximum absolute atomic E-state index is 12.3. The Labute approximate surface area is 105 Å². The van der Waals surface area contributed by atoms with E-state index in [1.165, 1.54) is 12.1 Å². The van der Waals surface area contributed by atoms with Gasteiger partial charge in [0.15, 0.2) is 0 Å². The SMILES string of the molecule is CC(C)(CNCc1ccc(C(F)F)cc1)C(N)=O. The average molecular weight is 256 g/mol. The highest BCUT2D eigenvalue weighted by Gasteiger charge is 2.23. The molecule has 0 aliphatic heterocycles. The summed E-state index contributed by atoms with van der Waals surface area (Å²) in [5, 5.41) is 3.08. The third-order valence-corrected chi connectivity index (χ3v) is 2.79. The van der Waals surface area contributed by atoms with E-state index >= 15 is 0 Å². The smallest absolute Gasteiger partial charge is 0.263 e. The summed E-state index contributed by atoms with van der Waals surface area (Å²) < 4.78 is 24.7. The second kappa shape index (κ2) is 5.91. The molecule has 1 aromatic carbocycles. The zero-order chi connectivity index (χ0) is 13.8. The fraction of sp³-hybridized carbons (Fsp3) is 0.462. The number of carbonyl (C=O) groups is 1. The van der Waals surface area contributed by atoms with Crippen LogP contribution in [0.1, 0.15) is 31.4 Å². The van der Waals surface area contributed by atoms with E-state index < -0.39 is 11.8 Å². The Morgan fingerprint density at radius 2 is 1.89 bits per heavy atom. The molecule has 0 heterocycles. The number of alkyl halides is 2. The van der Waals surface area contributed by atoms with Gasteiger partial charge in [-0.05, 0) is 19.4 Å². The lowest BCUT2D eigenvalue weighted by atomic mass is 9.93. The largest absolute Gasteiger partial charge is 0.369 e. The molecule has 0 aromatic heterocycles. The molecular formula is C13H18F2N2O. The van der Waals surface area contributed by atoms with Crippen molar-refractivity contribution in [2.75, 3.05) is 6.54 Å². The van der Waals surface area contributed by atoms with Gasteiger partial charge < -0.3 is 11.1 Å². The van der Waals surface area contributed by atoms with E-state index in [4.69, 9.17) is 5.73 Å². The Hall–Kier alpha value is -1.49. The molecule has 0 saturated carbocycles. The first-order valence-corrected chi connectivity index (χ1v) is 5.70. The number of benzene rings is 1. The first-order valence-electron chi connectivity index (χ1n) is 5.70. The highest BCUT2D eigenvalue weighted by molar-refractivity contribution is 5.80. The molecule has 0 unspecified atom stereocenters. The average Bonchev–Trinajstić information content (AvgIpc) is 2.29. The van der Waals surface area contributed by atoms with Crippen LogP contribution in [0.25, 0.3) is 0 Å². The van der Waals surface area contributed by atoms with Crippen molar-refractivity contribution in [3.8, 4) is 0 Å². The Morgan fingerprint density at radius 3 is 2.33 bits per heavy atom. The Kier molecular flexibility index (Phi) is 4.78.